The first kappa shape index (κ1) is 23.5. The van der Waals surface area contributed by atoms with Crippen LogP contribution in [0.25, 0.3) is 50.4 Å². The van der Waals surface area contributed by atoms with Crippen molar-refractivity contribution in [1.82, 2.24) is 39.7 Å². The average molecular weight is 510 g/mol. The Morgan fingerprint density at radius 1 is 1.16 bits per heavy atom. The number of fused-ring (bicyclic) bond motifs is 2. The summed E-state index contributed by atoms with van der Waals surface area (Å²) >= 11 is 0. The number of pyridine rings is 2. The standard InChI is InChI=1S/C27H24FN9O/c1-14(2)6-23(38)32-17-7-16(10-29-11-17)18-8-19-22(9-20(18)28)35-36-24(19)26-33-21-4-5-30-27(25(21)34-26)37-12-15(3)31-13-37/h4-5,7-14H,6H2,1-3H3,(H,32,38)(H,33,34)(H,35,36). The van der Waals surface area contributed by atoms with Gasteiger partial charge in [-0.05, 0) is 31.0 Å². The normalized spacial score (nSPS) is 11.6. The number of amides is 1. The zero-order valence-electron chi connectivity index (χ0n) is 21.0. The second-order valence-corrected chi connectivity index (χ2v) is 9.60. The molecule has 1 amide bonds. The summed E-state index contributed by atoms with van der Waals surface area (Å²) in [5.41, 5.74) is 4.75. The molecule has 0 bridgehead atoms. The van der Waals surface area contributed by atoms with E-state index in [-0.39, 0.29) is 11.8 Å². The van der Waals surface area contributed by atoms with Crippen molar-refractivity contribution in [3.63, 3.8) is 0 Å². The van der Waals surface area contributed by atoms with E-state index in [2.05, 4.69) is 35.5 Å². The van der Waals surface area contributed by atoms with Crippen molar-refractivity contribution in [1.29, 1.82) is 0 Å². The second kappa shape index (κ2) is 9.18. The molecule has 6 aromatic rings. The number of carbonyl (C=O) groups is 1. The molecule has 38 heavy (non-hydrogen) atoms. The molecule has 0 saturated carbocycles. The number of rotatable bonds is 6. The summed E-state index contributed by atoms with van der Waals surface area (Å²) in [6, 6.07) is 6.66. The summed E-state index contributed by atoms with van der Waals surface area (Å²) in [5.74, 6) is 0.824. The third-order valence-corrected chi connectivity index (χ3v) is 6.14. The number of aromatic amines is 2. The second-order valence-electron chi connectivity index (χ2n) is 9.60. The quantitative estimate of drug-likeness (QED) is 0.284. The van der Waals surface area contributed by atoms with E-state index in [1.54, 1.807) is 37.1 Å². The monoisotopic (exact) mass is 509 g/mol. The van der Waals surface area contributed by atoms with Crippen LogP contribution in [0.3, 0.4) is 0 Å². The molecule has 0 unspecified atom stereocenters. The van der Waals surface area contributed by atoms with Gasteiger partial charge in [-0.15, -0.1) is 0 Å². The van der Waals surface area contributed by atoms with Gasteiger partial charge in [-0.25, -0.2) is 19.3 Å². The maximum atomic E-state index is 15.2. The molecule has 0 aliphatic rings. The average Bonchev–Trinajstić information content (AvgIpc) is 3.60. The van der Waals surface area contributed by atoms with Crippen molar-refractivity contribution in [2.45, 2.75) is 27.2 Å². The Labute approximate surface area is 216 Å². The summed E-state index contributed by atoms with van der Waals surface area (Å²) in [7, 11) is 0. The van der Waals surface area contributed by atoms with Gasteiger partial charge in [0.05, 0.1) is 28.6 Å². The molecule has 0 radical (unpaired) electrons. The van der Waals surface area contributed by atoms with Gasteiger partial charge in [0.2, 0.25) is 5.91 Å². The number of benzene rings is 1. The molecule has 6 rings (SSSR count). The highest BCUT2D eigenvalue weighted by molar-refractivity contribution is 5.97. The Morgan fingerprint density at radius 2 is 2.03 bits per heavy atom. The molecule has 5 heterocycles. The van der Waals surface area contributed by atoms with Gasteiger partial charge < -0.3 is 10.3 Å². The van der Waals surface area contributed by atoms with Crippen molar-refractivity contribution in [2.24, 2.45) is 5.92 Å². The smallest absolute Gasteiger partial charge is 0.224 e. The lowest BCUT2D eigenvalue weighted by Gasteiger charge is -2.09. The number of anilines is 1. The van der Waals surface area contributed by atoms with Crippen molar-refractivity contribution < 1.29 is 9.18 Å². The van der Waals surface area contributed by atoms with Crippen LogP contribution < -0.4 is 5.32 Å². The minimum Gasteiger partial charge on any atom is -0.336 e. The van der Waals surface area contributed by atoms with Gasteiger partial charge in [-0.3, -0.25) is 19.4 Å². The lowest BCUT2D eigenvalue weighted by Crippen LogP contribution is -2.14. The van der Waals surface area contributed by atoms with Gasteiger partial charge >= 0.3 is 0 Å². The SMILES string of the molecule is Cc1cn(-c2nccc3[nH]c(-c4n[nH]c5cc(F)c(-c6cncc(NC(=O)CC(C)C)c6)cc45)nc23)cn1. The van der Waals surface area contributed by atoms with Crippen molar-refractivity contribution in [3.05, 3.63) is 66.9 Å². The van der Waals surface area contributed by atoms with Crippen molar-refractivity contribution in [2.75, 3.05) is 5.32 Å². The number of aryl methyl sites for hydroxylation is 1. The zero-order chi connectivity index (χ0) is 26.4. The van der Waals surface area contributed by atoms with Crippen LogP contribution in [0.5, 0.6) is 0 Å². The van der Waals surface area contributed by atoms with Crippen LogP contribution in [-0.2, 0) is 4.79 Å². The minimum absolute atomic E-state index is 0.114. The highest BCUT2D eigenvalue weighted by Crippen LogP contribution is 2.33. The van der Waals surface area contributed by atoms with Crippen LogP contribution in [0.2, 0.25) is 0 Å². The van der Waals surface area contributed by atoms with Crippen LogP contribution in [0.15, 0.2) is 55.4 Å². The highest BCUT2D eigenvalue weighted by atomic mass is 19.1. The van der Waals surface area contributed by atoms with Crippen LogP contribution in [0.4, 0.5) is 10.1 Å². The molecule has 0 aliphatic heterocycles. The van der Waals surface area contributed by atoms with Gasteiger partial charge in [0.25, 0.3) is 0 Å². The molecule has 0 spiro atoms. The lowest BCUT2D eigenvalue weighted by molar-refractivity contribution is -0.116. The molecular weight excluding hydrogens is 485 g/mol. The number of hydrogen-bond donors (Lipinski definition) is 3. The van der Waals surface area contributed by atoms with E-state index in [0.29, 0.717) is 57.0 Å². The Kier molecular flexibility index (Phi) is 5.67. The number of nitrogens with zero attached hydrogens (tertiary/aromatic N) is 6. The van der Waals surface area contributed by atoms with Gasteiger partial charge in [-0.2, -0.15) is 5.10 Å². The van der Waals surface area contributed by atoms with Crippen LogP contribution in [0.1, 0.15) is 26.0 Å². The summed E-state index contributed by atoms with van der Waals surface area (Å²) in [5, 5.41) is 10.9. The molecule has 5 aromatic heterocycles. The predicted octanol–water partition coefficient (Wildman–Crippen LogP) is 5.18. The van der Waals surface area contributed by atoms with E-state index in [1.165, 1.54) is 6.07 Å². The first-order valence-electron chi connectivity index (χ1n) is 12.1. The molecule has 11 heteroatoms. The number of halogens is 1. The highest BCUT2D eigenvalue weighted by Gasteiger charge is 2.18. The fourth-order valence-electron chi connectivity index (χ4n) is 4.44. The molecular formula is C27H24FN9O. The molecule has 0 fully saturated rings. The maximum Gasteiger partial charge on any atom is 0.224 e. The van der Waals surface area contributed by atoms with E-state index >= 15 is 4.39 Å². The van der Waals surface area contributed by atoms with Crippen LogP contribution >= 0.6 is 0 Å². The third-order valence-electron chi connectivity index (χ3n) is 6.14. The minimum atomic E-state index is -0.438. The first-order chi connectivity index (χ1) is 18.4. The predicted molar refractivity (Wildman–Crippen MR) is 142 cm³/mol. The molecule has 190 valence electrons. The van der Waals surface area contributed by atoms with E-state index < -0.39 is 5.82 Å². The summed E-state index contributed by atoms with van der Waals surface area (Å²) in [6.07, 6.45) is 8.77. The number of aromatic nitrogens is 8. The van der Waals surface area contributed by atoms with E-state index in [1.807, 2.05) is 37.6 Å². The fraction of sp³-hybridized carbons (Fsp3) is 0.185. The number of carbonyl (C=O) groups excluding carboxylic acids is 1. The number of H-pyrrole nitrogens is 2. The zero-order valence-corrected chi connectivity index (χ0v) is 21.0. The molecule has 3 N–H and O–H groups in total. The van der Waals surface area contributed by atoms with Gasteiger partial charge in [0, 0.05) is 47.6 Å². The third kappa shape index (κ3) is 4.27. The fourth-order valence-corrected chi connectivity index (χ4v) is 4.44. The molecule has 0 aliphatic carbocycles. The largest absolute Gasteiger partial charge is 0.336 e. The Bertz CT molecular complexity index is 1810. The molecule has 0 saturated heterocycles. The van der Waals surface area contributed by atoms with E-state index in [4.69, 9.17) is 4.98 Å². The lowest BCUT2D eigenvalue weighted by atomic mass is 10.0. The topological polar surface area (TPSA) is 130 Å². The summed E-state index contributed by atoms with van der Waals surface area (Å²) in [6.45, 7) is 5.85. The number of imidazole rings is 2. The van der Waals surface area contributed by atoms with Gasteiger partial charge in [-0.1, -0.05) is 13.8 Å². The van der Waals surface area contributed by atoms with E-state index in [9.17, 15) is 4.79 Å². The summed E-state index contributed by atoms with van der Waals surface area (Å²) in [4.78, 5) is 33.3. The molecule has 0 atom stereocenters. The van der Waals surface area contributed by atoms with Crippen molar-refractivity contribution in [3.8, 4) is 28.5 Å². The first-order valence-corrected chi connectivity index (χ1v) is 12.1. The molecule has 10 nitrogen and oxygen atoms in total. The van der Waals surface area contributed by atoms with Crippen LogP contribution in [-0.4, -0.2) is 45.6 Å². The van der Waals surface area contributed by atoms with Gasteiger partial charge in [0.1, 0.15) is 23.4 Å². The summed E-state index contributed by atoms with van der Waals surface area (Å²) < 4.78 is 17.0. The Balaban J connectivity index is 1.41. The number of hydrogen-bond acceptors (Lipinski definition) is 6. The van der Waals surface area contributed by atoms with Crippen LogP contribution in [0, 0.1) is 18.7 Å². The van der Waals surface area contributed by atoms with Gasteiger partial charge in [0.15, 0.2) is 11.6 Å². The number of nitrogens with one attached hydrogen (secondary N) is 3. The van der Waals surface area contributed by atoms with E-state index in [0.717, 1.165) is 11.2 Å². The Hall–Kier alpha value is -4.93. The molecule has 1 aromatic carbocycles. The Morgan fingerprint density at radius 3 is 2.82 bits per heavy atom. The van der Waals surface area contributed by atoms with Crippen molar-refractivity contribution >= 4 is 33.5 Å². The maximum absolute atomic E-state index is 15.2.